The second-order valence-electron chi connectivity index (χ2n) is 7.86. The fourth-order valence-electron chi connectivity index (χ4n) is 3.96. The summed E-state index contributed by atoms with van der Waals surface area (Å²) in [5.41, 5.74) is 2.25. The molecule has 0 saturated carbocycles. The normalized spacial score (nSPS) is 17.8. The van der Waals surface area contributed by atoms with Crippen molar-refractivity contribution in [3.63, 3.8) is 0 Å². The number of ketones is 1. The molecule has 4 rings (SSSR count). The summed E-state index contributed by atoms with van der Waals surface area (Å²) in [6.07, 6.45) is 3.16. The van der Waals surface area contributed by atoms with Crippen LogP contribution in [0.4, 0.5) is 8.78 Å². The van der Waals surface area contributed by atoms with E-state index in [4.69, 9.17) is 4.74 Å². The van der Waals surface area contributed by atoms with Crippen LogP contribution >= 0.6 is 0 Å². The Bertz CT molecular complexity index is 1220. The maximum Gasteiger partial charge on any atom is 0.247 e. The summed E-state index contributed by atoms with van der Waals surface area (Å²) in [6.45, 7) is 0.237. The van der Waals surface area contributed by atoms with Gasteiger partial charge in [-0.2, -0.15) is 0 Å². The van der Waals surface area contributed by atoms with Gasteiger partial charge in [0.1, 0.15) is 5.92 Å². The van der Waals surface area contributed by atoms with Gasteiger partial charge in [0.15, 0.2) is 17.4 Å². The van der Waals surface area contributed by atoms with E-state index in [1.54, 1.807) is 25.4 Å². The second-order valence-corrected chi connectivity index (χ2v) is 7.86. The lowest BCUT2D eigenvalue weighted by Crippen LogP contribution is -2.43. The zero-order valence-electron chi connectivity index (χ0n) is 18.0. The van der Waals surface area contributed by atoms with Crippen molar-refractivity contribution >= 4 is 17.6 Å². The first-order valence-corrected chi connectivity index (χ1v) is 10.2. The van der Waals surface area contributed by atoms with Gasteiger partial charge in [0, 0.05) is 49.1 Å². The summed E-state index contributed by atoms with van der Waals surface area (Å²) in [5, 5.41) is 2.80. The molecule has 0 bridgehead atoms. The average Bonchev–Trinajstić information content (AvgIpc) is 3.27. The summed E-state index contributed by atoms with van der Waals surface area (Å²) in [5.74, 6) is -3.91. The molecular formula is C24H21F2N3O4. The number of pyridine rings is 1. The summed E-state index contributed by atoms with van der Waals surface area (Å²) >= 11 is 0. The van der Waals surface area contributed by atoms with Crippen LogP contribution in [0.1, 0.15) is 17.5 Å². The van der Waals surface area contributed by atoms with Crippen LogP contribution in [-0.2, 0) is 27.3 Å². The van der Waals surface area contributed by atoms with Gasteiger partial charge in [-0.25, -0.2) is 13.8 Å². The molecule has 0 spiro atoms. The van der Waals surface area contributed by atoms with E-state index in [1.165, 1.54) is 24.2 Å². The highest BCUT2D eigenvalue weighted by Crippen LogP contribution is 2.36. The third-order valence-electron chi connectivity index (χ3n) is 5.78. The van der Waals surface area contributed by atoms with Gasteiger partial charge < -0.3 is 15.0 Å². The molecule has 2 aliphatic rings. The molecule has 1 aromatic carbocycles. The Balaban J connectivity index is 1.48. The number of halogens is 2. The Morgan fingerprint density at radius 1 is 1.18 bits per heavy atom. The fourth-order valence-corrected chi connectivity index (χ4v) is 3.96. The monoisotopic (exact) mass is 453 g/mol. The minimum Gasteiger partial charge on any atom is -0.481 e. The van der Waals surface area contributed by atoms with Crippen molar-refractivity contribution in [1.29, 1.82) is 0 Å². The molecule has 7 nitrogen and oxygen atoms in total. The number of nitrogens with one attached hydrogen (secondary N) is 1. The molecule has 2 aromatic rings. The van der Waals surface area contributed by atoms with Crippen LogP contribution in [-0.4, -0.2) is 41.6 Å². The predicted octanol–water partition coefficient (Wildman–Crippen LogP) is 2.47. The van der Waals surface area contributed by atoms with Crippen molar-refractivity contribution < 1.29 is 27.9 Å². The molecule has 0 radical (unpaired) electrons. The summed E-state index contributed by atoms with van der Waals surface area (Å²) in [4.78, 5) is 44.0. The first-order valence-electron chi connectivity index (χ1n) is 10.2. The van der Waals surface area contributed by atoms with E-state index in [0.29, 0.717) is 28.3 Å². The summed E-state index contributed by atoms with van der Waals surface area (Å²) < 4.78 is 31.9. The quantitative estimate of drug-likeness (QED) is 0.679. The second kappa shape index (κ2) is 8.93. The smallest absolute Gasteiger partial charge is 0.247 e. The largest absolute Gasteiger partial charge is 0.481 e. The van der Waals surface area contributed by atoms with Gasteiger partial charge in [0.2, 0.25) is 17.7 Å². The number of methoxy groups -OCH3 is 1. The highest BCUT2D eigenvalue weighted by Gasteiger charge is 2.41. The molecule has 2 amide bonds. The van der Waals surface area contributed by atoms with E-state index in [0.717, 1.165) is 17.7 Å². The molecule has 170 valence electrons. The zero-order valence-corrected chi connectivity index (χ0v) is 18.0. The molecule has 1 N–H and O–H groups in total. The molecule has 0 fully saturated rings. The van der Waals surface area contributed by atoms with Gasteiger partial charge in [-0.15, -0.1) is 0 Å². The van der Waals surface area contributed by atoms with E-state index >= 15 is 0 Å². The van der Waals surface area contributed by atoms with Crippen LogP contribution in [0.2, 0.25) is 0 Å². The van der Waals surface area contributed by atoms with Crippen molar-refractivity contribution in [2.24, 2.45) is 5.92 Å². The van der Waals surface area contributed by atoms with E-state index in [9.17, 15) is 23.2 Å². The van der Waals surface area contributed by atoms with E-state index in [-0.39, 0.29) is 25.3 Å². The first-order chi connectivity index (χ1) is 15.8. The molecule has 9 heteroatoms. The molecule has 1 aromatic heterocycles. The number of aromatic nitrogens is 1. The van der Waals surface area contributed by atoms with Gasteiger partial charge >= 0.3 is 0 Å². The number of benzene rings is 1. The third-order valence-corrected chi connectivity index (χ3v) is 5.78. The number of hydrogen-bond acceptors (Lipinski definition) is 5. The molecule has 33 heavy (non-hydrogen) atoms. The van der Waals surface area contributed by atoms with Crippen LogP contribution < -0.4 is 10.1 Å². The number of carbonyl (C=O) groups is 3. The van der Waals surface area contributed by atoms with E-state index in [2.05, 4.69) is 10.3 Å². The molecular weight excluding hydrogens is 432 g/mol. The van der Waals surface area contributed by atoms with Gasteiger partial charge in [0.05, 0.1) is 7.11 Å². The van der Waals surface area contributed by atoms with Gasteiger partial charge in [-0.1, -0.05) is 6.07 Å². The Hall–Kier alpha value is -3.88. The third kappa shape index (κ3) is 4.39. The maximum atomic E-state index is 13.6. The van der Waals surface area contributed by atoms with Gasteiger partial charge in [-0.3, -0.25) is 14.4 Å². The number of hydrogen-bond donors (Lipinski definition) is 1. The molecule has 2 heterocycles. The standard InChI is InChI=1S/C24H21F2N3O4/c1-29-20-11-15(23(31)28-12-14-5-6-27-21(9-14)33-2)10-16(20)22(30)17(24(29)32)7-13-3-4-18(25)19(26)8-13/h3-6,8-10,17H,7,11-12H2,1-2H3,(H,28,31). The lowest BCUT2D eigenvalue weighted by molar-refractivity contribution is -0.139. The Kier molecular flexibility index (Phi) is 6.04. The Morgan fingerprint density at radius 3 is 2.70 bits per heavy atom. The van der Waals surface area contributed by atoms with Crippen molar-refractivity contribution in [3.05, 3.63) is 82.2 Å². The van der Waals surface area contributed by atoms with Crippen LogP contribution in [0.3, 0.4) is 0 Å². The lowest BCUT2D eigenvalue weighted by atomic mass is 9.86. The SMILES string of the molecule is COc1cc(CNC(=O)C2=CC3=C(C2)N(C)C(=O)C(Cc2ccc(F)c(F)c2)C3=O)ccn1. The number of ether oxygens (including phenoxy) is 1. The highest BCUT2D eigenvalue weighted by atomic mass is 19.2. The molecule has 1 aliphatic heterocycles. The lowest BCUT2D eigenvalue weighted by Gasteiger charge is -2.30. The van der Waals surface area contributed by atoms with E-state index < -0.39 is 29.2 Å². The minimum atomic E-state index is -1.07. The number of allylic oxidation sites excluding steroid dienone is 3. The Morgan fingerprint density at radius 2 is 1.97 bits per heavy atom. The summed E-state index contributed by atoms with van der Waals surface area (Å²) in [7, 11) is 3.04. The van der Waals surface area contributed by atoms with Crippen LogP contribution in [0.25, 0.3) is 0 Å². The van der Waals surface area contributed by atoms with Crippen molar-refractivity contribution in [1.82, 2.24) is 15.2 Å². The number of rotatable bonds is 6. The molecule has 1 aliphatic carbocycles. The minimum absolute atomic E-state index is 0.0603. The number of carbonyl (C=O) groups excluding carboxylic acids is 3. The number of amides is 2. The van der Waals surface area contributed by atoms with Gasteiger partial charge in [-0.05, 0) is 41.8 Å². The highest BCUT2D eigenvalue weighted by molar-refractivity contribution is 6.16. The summed E-state index contributed by atoms with van der Waals surface area (Å²) in [6, 6.07) is 6.74. The number of Topliss-reactive ketones (excluding diaryl/α,β-unsaturated/α-hetero) is 1. The van der Waals surface area contributed by atoms with Gasteiger partial charge in [0.25, 0.3) is 0 Å². The Labute approximate surface area is 188 Å². The van der Waals surface area contributed by atoms with Crippen molar-refractivity contribution in [3.8, 4) is 5.88 Å². The molecule has 1 atom stereocenters. The first kappa shape index (κ1) is 22.3. The molecule has 0 saturated heterocycles. The zero-order chi connectivity index (χ0) is 23.7. The topological polar surface area (TPSA) is 88.6 Å². The van der Waals surface area contributed by atoms with Crippen molar-refractivity contribution in [2.75, 3.05) is 14.2 Å². The van der Waals surface area contributed by atoms with Crippen molar-refractivity contribution in [2.45, 2.75) is 19.4 Å². The number of nitrogens with zero attached hydrogens (tertiary/aromatic N) is 2. The van der Waals surface area contributed by atoms with E-state index in [1.807, 2.05) is 0 Å². The fraction of sp³-hybridized carbons (Fsp3) is 0.250. The average molecular weight is 453 g/mol. The van der Waals surface area contributed by atoms with Crippen LogP contribution in [0.5, 0.6) is 5.88 Å². The predicted molar refractivity (Wildman–Crippen MR) is 114 cm³/mol. The molecule has 1 unspecified atom stereocenters. The van der Waals surface area contributed by atoms with Crippen LogP contribution in [0, 0.1) is 17.6 Å². The van der Waals surface area contributed by atoms with Crippen LogP contribution in [0.15, 0.2) is 59.4 Å². The maximum absolute atomic E-state index is 13.6.